The molecule has 0 aliphatic carbocycles. The largest absolute Gasteiger partial charge is 0.494 e. The molecular weight excluding hydrogens is 300 g/mol. The summed E-state index contributed by atoms with van der Waals surface area (Å²) >= 11 is 0. The van der Waals surface area contributed by atoms with Crippen molar-refractivity contribution in [2.75, 3.05) is 13.2 Å². The van der Waals surface area contributed by atoms with E-state index in [1.54, 1.807) is 0 Å². The third kappa shape index (κ3) is 4.89. The summed E-state index contributed by atoms with van der Waals surface area (Å²) in [6, 6.07) is 7.76. The van der Waals surface area contributed by atoms with Gasteiger partial charge in [0.1, 0.15) is 5.75 Å². The van der Waals surface area contributed by atoms with Gasteiger partial charge in [-0.2, -0.15) is 0 Å². The van der Waals surface area contributed by atoms with Crippen LogP contribution in [-0.4, -0.2) is 19.1 Å². The third-order valence-corrected chi connectivity index (χ3v) is 4.24. The molecule has 0 aromatic heterocycles. The predicted molar refractivity (Wildman–Crippen MR) is 93.5 cm³/mol. The van der Waals surface area contributed by atoms with Gasteiger partial charge in [-0.1, -0.05) is 26.0 Å². The van der Waals surface area contributed by atoms with Crippen LogP contribution in [0.5, 0.6) is 5.75 Å². The van der Waals surface area contributed by atoms with Crippen molar-refractivity contribution in [1.82, 2.24) is 5.32 Å². The van der Waals surface area contributed by atoms with Gasteiger partial charge in [0.2, 0.25) is 5.91 Å². The molecular formula is C17H29ClN2O2. The number of rotatable bonds is 8. The van der Waals surface area contributed by atoms with Gasteiger partial charge in [0.15, 0.2) is 0 Å². The molecule has 0 saturated carbocycles. The van der Waals surface area contributed by atoms with E-state index >= 15 is 0 Å². The molecule has 0 heterocycles. The van der Waals surface area contributed by atoms with E-state index in [1.165, 1.54) is 0 Å². The van der Waals surface area contributed by atoms with Crippen LogP contribution in [0, 0.1) is 5.41 Å². The lowest BCUT2D eigenvalue weighted by Crippen LogP contribution is -2.46. The predicted octanol–water partition coefficient (Wildman–Crippen LogP) is 3.45. The quantitative estimate of drug-likeness (QED) is 0.768. The van der Waals surface area contributed by atoms with Gasteiger partial charge in [0.25, 0.3) is 0 Å². The molecule has 4 nitrogen and oxygen atoms in total. The Hall–Kier alpha value is -1.26. The lowest BCUT2D eigenvalue weighted by molar-refractivity contribution is -0.131. The molecule has 1 atom stereocenters. The monoisotopic (exact) mass is 328 g/mol. The highest BCUT2D eigenvalue weighted by Crippen LogP contribution is 2.27. The average Bonchev–Trinajstić information content (AvgIpc) is 2.50. The second-order valence-corrected chi connectivity index (χ2v) is 5.39. The molecule has 1 aromatic carbocycles. The zero-order valence-corrected chi connectivity index (χ0v) is 14.8. The number of nitrogens with two attached hydrogens (primary N) is 1. The van der Waals surface area contributed by atoms with Crippen molar-refractivity contribution in [3.63, 3.8) is 0 Å². The van der Waals surface area contributed by atoms with Gasteiger partial charge in [-0.3, -0.25) is 4.79 Å². The summed E-state index contributed by atoms with van der Waals surface area (Å²) < 4.78 is 5.50. The number of amides is 1. The maximum absolute atomic E-state index is 12.5. The number of carbonyl (C=O) groups excluding carboxylic acids is 1. The zero-order chi connectivity index (χ0) is 15.9. The normalized spacial score (nSPS) is 12.2. The van der Waals surface area contributed by atoms with E-state index in [2.05, 4.69) is 5.32 Å². The Labute approximate surface area is 140 Å². The Morgan fingerprint density at radius 3 is 2.45 bits per heavy atom. The number of hydrogen-bond donors (Lipinski definition) is 2. The van der Waals surface area contributed by atoms with Crippen LogP contribution in [0.4, 0.5) is 0 Å². The van der Waals surface area contributed by atoms with E-state index in [1.807, 2.05) is 52.0 Å². The van der Waals surface area contributed by atoms with Crippen LogP contribution in [0.2, 0.25) is 0 Å². The van der Waals surface area contributed by atoms with Crippen LogP contribution in [-0.2, 0) is 4.79 Å². The molecule has 0 aliphatic heterocycles. The highest BCUT2D eigenvalue weighted by atomic mass is 35.5. The topological polar surface area (TPSA) is 64.3 Å². The summed E-state index contributed by atoms with van der Waals surface area (Å²) in [5, 5.41) is 3.08. The van der Waals surface area contributed by atoms with Gasteiger partial charge in [-0.05, 0) is 44.4 Å². The minimum Gasteiger partial charge on any atom is -0.494 e. The average molecular weight is 329 g/mol. The van der Waals surface area contributed by atoms with Crippen LogP contribution in [0.1, 0.15) is 52.1 Å². The van der Waals surface area contributed by atoms with Gasteiger partial charge in [0, 0.05) is 6.54 Å². The minimum absolute atomic E-state index is 0. The number of nitrogens with one attached hydrogen (secondary N) is 1. The van der Waals surface area contributed by atoms with Crippen LogP contribution in [0.3, 0.4) is 0 Å². The van der Waals surface area contributed by atoms with Crippen molar-refractivity contribution in [1.29, 1.82) is 0 Å². The van der Waals surface area contributed by atoms with Crippen LogP contribution in [0.25, 0.3) is 0 Å². The number of ether oxygens (including phenoxy) is 1. The fourth-order valence-corrected chi connectivity index (χ4v) is 2.43. The smallest absolute Gasteiger partial charge is 0.227 e. The molecule has 126 valence electrons. The van der Waals surface area contributed by atoms with Gasteiger partial charge in [0.05, 0.1) is 18.1 Å². The molecule has 1 aromatic rings. The molecule has 1 amide bonds. The SMILES string of the molecule is CCOc1cccc(C(C)NC(=O)C(CC)(CC)CN)c1.Cl. The molecule has 0 spiro atoms. The summed E-state index contributed by atoms with van der Waals surface area (Å²) in [6.45, 7) is 8.96. The molecule has 0 fully saturated rings. The van der Waals surface area contributed by atoms with E-state index in [0.717, 1.165) is 24.2 Å². The van der Waals surface area contributed by atoms with Crippen molar-refractivity contribution < 1.29 is 9.53 Å². The summed E-state index contributed by atoms with van der Waals surface area (Å²) in [6.07, 6.45) is 1.50. The Balaban J connectivity index is 0.00000441. The van der Waals surface area contributed by atoms with E-state index in [9.17, 15) is 4.79 Å². The van der Waals surface area contributed by atoms with Crippen LogP contribution >= 0.6 is 12.4 Å². The van der Waals surface area contributed by atoms with Crippen molar-refractivity contribution in [3.05, 3.63) is 29.8 Å². The zero-order valence-electron chi connectivity index (χ0n) is 14.0. The molecule has 1 unspecified atom stereocenters. The summed E-state index contributed by atoms with van der Waals surface area (Å²) in [5.41, 5.74) is 6.40. The Morgan fingerprint density at radius 2 is 1.95 bits per heavy atom. The first kappa shape index (κ1) is 20.7. The third-order valence-electron chi connectivity index (χ3n) is 4.24. The van der Waals surface area contributed by atoms with Crippen molar-refractivity contribution in [2.24, 2.45) is 11.1 Å². The lowest BCUT2D eigenvalue weighted by Gasteiger charge is -2.30. The Bertz CT molecular complexity index is 453. The van der Waals surface area contributed by atoms with Gasteiger partial charge in [-0.25, -0.2) is 0 Å². The highest BCUT2D eigenvalue weighted by molar-refractivity contribution is 5.85. The first-order valence-electron chi connectivity index (χ1n) is 7.76. The molecule has 22 heavy (non-hydrogen) atoms. The maximum Gasteiger partial charge on any atom is 0.227 e. The molecule has 5 heteroatoms. The van der Waals surface area contributed by atoms with E-state index in [0.29, 0.717) is 13.2 Å². The summed E-state index contributed by atoms with van der Waals surface area (Å²) in [7, 11) is 0. The molecule has 0 saturated heterocycles. The highest BCUT2D eigenvalue weighted by Gasteiger charge is 2.34. The standard InChI is InChI=1S/C17H28N2O2.ClH/c1-5-17(6-2,12-18)16(20)19-13(4)14-9-8-10-15(11-14)21-7-3;/h8-11,13H,5-7,12,18H2,1-4H3,(H,19,20);1H. The van der Waals surface area contributed by atoms with E-state index < -0.39 is 5.41 Å². The summed E-state index contributed by atoms with van der Waals surface area (Å²) in [4.78, 5) is 12.5. The Kier molecular flexibility index (Phi) is 9.14. The Morgan fingerprint density at radius 1 is 1.32 bits per heavy atom. The fourth-order valence-electron chi connectivity index (χ4n) is 2.43. The molecule has 0 aliphatic rings. The number of carbonyl (C=O) groups is 1. The van der Waals surface area contributed by atoms with Crippen LogP contribution < -0.4 is 15.8 Å². The molecule has 0 bridgehead atoms. The first-order chi connectivity index (χ1) is 10.0. The first-order valence-corrected chi connectivity index (χ1v) is 7.76. The second kappa shape index (κ2) is 9.70. The van der Waals surface area contributed by atoms with Crippen LogP contribution in [0.15, 0.2) is 24.3 Å². The summed E-state index contributed by atoms with van der Waals surface area (Å²) in [5.74, 6) is 0.858. The van der Waals surface area contributed by atoms with Crippen molar-refractivity contribution >= 4 is 18.3 Å². The van der Waals surface area contributed by atoms with Crippen molar-refractivity contribution in [2.45, 2.75) is 46.6 Å². The number of halogens is 1. The van der Waals surface area contributed by atoms with Gasteiger partial charge in [-0.15, -0.1) is 12.4 Å². The molecule has 1 rings (SSSR count). The number of benzene rings is 1. The second-order valence-electron chi connectivity index (χ2n) is 5.39. The van der Waals surface area contributed by atoms with Gasteiger partial charge < -0.3 is 15.8 Å². The maximum atomic E-state index is 12.5. The molecule has 3 N–H and O–H groups in total. The molecule has 0 radical (unpaired) electrons. The van der Waals surface area contributed by atoms with E-state index in [4.69, 9.17) is 10.5 Å². The fraction of sp³-hybridized carbons (Fsp3) is 0.588. The van der Waals surface area contributed by atoms with Crippen molar-refractivity contribution in [3.8, 4) is 5.75 Å². The number of hydrogen-bond acceptors (Lipinski definition) is 3. The lowest BCUT2D eigenvalue weighted by atomic mass is 9.81. The minimum atomic E-state index is -0.466. The van der Waals surface area contributed by atoms with Gasteiger partial charge >= 0.3 is 0 Å². The van der Waals surface area contributed by atoms with E-state index in [-0.39, 0.29) is 24.4 Å².